The first-order chi connectivity index (χ1) is 13.7. The van der Waals surface area contributed by atoms with E-state index in [1.54, 1.807) is 23.2 Å². The minimum atomic E-state index is -0.169. The van der Waals surface area contributed by atoms with Crippen molar-refractivity contribution in [2.45, 2.75) is 5.22 Å². The number of hydrogen-bond acceptors (Lipinski definition) is 5. The fraction of sp³-hybridized carbons (Fsp3) is 0.0476. The molecule has 3 aromatic carbocycles. The topological polar surface area (TPSA) is 58.4 Å². The Kier molecular flexibility index (Phi) is 5.50. The third-order valence-electron chi connectivity index (χ3n) is 3.92. The maximum atomic E-state index is 12.6. The number of halogens is 1. The monoisotopic (exact) mass is 409 g/mol. The summed E-state index contributed by atoms with van der Waals surface area (Å²) in [5, 5.41) is 2.78. The molecule has 0 aliphatic rings. The lowest BCUT2D eigenvalue weighted by atomic mass is 10.2. The molecule has 1 amide bonds. The largest absolute Gasteiger partial charge is 0.431 e. The summed E-state index contributed by atoms with van der Waals surface area (Å²) in [7, 11) is 0. The van der Waals surface area contributed by atoms with E-state index in [0.717, 1.165) is 11.4 Å². The fourth-order valence-corrected chi connectivity index (χ4v) is 3.45. The van der Waals surface area contributed by atoms with Gasteiger partial charge in [-0.05, 0) is 42.5 Å². The Morgan fingerprint density at radius 2 is 1.64 bits per heavy atom. The average Bonchev–Trinajstić information content (AvgIpc) is 3.14. The second-order valence-electron chi connectivity index (χ2n) is 5.92. The lowest BCUT2D eigenvalue weighted by molar-refractivity contribution is -0.118. The molecule has 0 fully saturated rings. The van der Waals surface area contributed by atoms with Crippen molar-refractivity contribution in [1.82, 2.24) is 10.4 Å². The number of nitrogens with one attached hydrogen (secondary N) is 1. The highest BCUT2D eigenvalue weighted by Crippen LogP contribution is 2.26. The van der Waals surface area contributed by atoms with E-state index in [-0.39, 0.29) is 11.7 Å². The van der Waals surface area contributed by atoms with Crippen LogP contribution in [0.3, 0.4) is 0 Å². The van der Waals surface area contributed by atoms with E-state index in [1.165, 1.54) is 11.8 Å². The second-order valence-corrected chi connectivity index (χ2v) is 7.29. The van der Waals surface area contributed by atoms with Crippen LogP contribution in [-0.4, -0.2) is 16.6 Å². The van der Waals surface area contributed by atoms with Gasteiger partial charge in [-0.25, -0.2) is 4.98 Å². The molecule has 1 aromatic heterocycles. The van der Waals surface area contributed by atoms with Crippen LogP contribution in [0.15, 0.2) is 88.5 Å². The van der Waals surface area contributed by atoms with E-state index in [9.17, 15) is 4.79 Å². The summed E-state index contributed by atoms with van der Waals surface area (Å²) in [4.78, 5) is 16.9. The number of hydrogen-bond donors (Lipinski definition) is 1. The van der Waals surface area contributed by atoms with Crippen molar-refractivity contribution in [3.8, 4) is 0 Å². The molecule has 0 atom stereocenters. The molecule has 0 aliphatic carbocycles. The van der Waals surface area contributed by atoms with Crippen LogP contribution in [0, 0.1) is 0 Å². The highest BCUT2D eigenvalue weighted by atomic mass is 35.5. The van der Waals surface area contributed by atoms with Crippen LogP contribution < -0.4 is 10.4 Å². The van der Waals surface area contributed by atoms with Gasteiger partial charge < -0.3 is 4.42 Å². The number of para-hydroxylation sites is 2. The predicted molar refractivity (Wildman–Crippen MR) is 113 cm³/mol. The molecule has 0 aliphatic heterocycles. The van der Waals surface area contributed by atoms with Gasteiger partial charge in [0.1, 0.15) is 5.52 Å². The van der Waals surface area contributed by atoms with Crippen molar-refractivity contribution in [2.24, 2.45) is 0 Å². The van der Waals surface area contributed by atoms with Crippen LogP contribution in [-0.2, 0) is 4.79 Å². The van der Waals surface area contributed by atoms with E-state index in [4.69, 9.17) is 16.0 Å². The third kappa shape index (κ3) is 4.30. The smallest absolute Gasteiger partial charge is 0.257 e. The lowest BCUT2D eigenvalue weighted by Crippen LogP contribution is -2.39. The Morgan fingerprint density at radius 1 is 1.00 bits per heavy atom. The fourth-order valence-electron chi connectivity index (χ4n) is 2.66. The summed E-state index contributed by atoms with van der Waals surface area (Å²) in [5.41, 5.74) is 5.99. The third-order valence-corrected chi connectivity index (χ3v) is 4.99. The van der Waals surface area contributed by atoms with E-state index in [2.05, 4.69) is 10.4 Å². The summed E-state index contributed by atoms with van der Waals surface area (Å²) in [6, 6.07) is 24.6. The first-order valence-electron chi connectivity index (χ1n) is 8.58. The van der Waals surface area contributed by atoms with Crippen molar-refractivity contribution in [2.75, 3.05) is 10.8 Å². The zero-order chi connectivity index (χ0) is 19.3. The summed E-state index contributed by atoms with van der Waals surface area (Å²) in [5.74, 6) is -0.00511. The normalized spacial score (nSPS) is 10.8. The zero-order valence-corrected chi connectivity index (χ0v) is 16.3. The Labute approximate surface area is 171 Å². The molecule has 0 unspecified atom stereocenters. The van der Waals surface area contributed by atoms with Crippen LogP contribution in [0.4, 0.5) is 11.4 Å². The summed E-state index contributed by atoms with van der Waals surface area (Å²) in [6.07, 6.45) is 0. The van der Waals surface area contributed by atoms with Crippen LogP contribution >= 0.6 is 23.4 Å². The first kappa shape index (κ1) is 18.4. The van der Waals surface area contributed by atoms with Gasteiger partial charge in [0.05, 0.1) is 17.1 Å². The Hall–Kier alpha value is -2.96. The number of thioether (sulfide) groups is 1. The molecule has 1 heterocycles. The van der Waals surface area contributed by atoms with Gasteiger partial charge in [0.2, 0.25) is 5.91 Å². The van der Waals surface area contributed by atoms with E-state index in [1.807, 2.05) is 60.7 Å². The quantitative estimate of drug-likeness (QED) is 0.339. The molecule has 0 saturated heterocycles. The average molecular weight is 410 g/mol. The molecular weight excluding hydrogens is 394 g/mol. The standard InChI is InChI=1S/C21H16ClN3O2S/c22-15-11-12-19-18(13-15)23-21(27-19)28-14-20(26)24-25(16-7-3-1-4-8-16)17-9-5-2-6-10-17/h1-13H,14H2,(H,24,26). The van der Waals surface area contributed by atoms with Crippen molar-refractivity contribution in [3.63, 3.8) is 0 Å². The van der Waals surface area contributed by atoms with E-state index in [0.29, 0.717) is 21.3 Å². The highest BCUT2D eigenvalue weighted by molar-refractivity contribution is 7.99. The molecule has 0 saturated carbocycles. The summed E-state index contributed by atoms with van der Waals surface area (Å²) >= 11 is 7.20. The van der Waals surface area contributed by atoms with Gasteiger partial charge in [0, 0.05) is 5.02 Å². The number of rotatable bonds is 6. The molecule has 4 rings (SSSR count). The van der Waals surface area contributed by atoms with E-state index >= 15 is 0 Å². The summed E-state index contributed by atoms with van der Waals surface area (Å²) in [6.45, 7) is 0. The van der Waals surface area contributed by atoms with Crippen molar-refractivity contribution >= 4 is 51.7 Å². The first-order valence-corrected chi connectivity index (χ1v) is 9.94. The molecular formula is C21H16ClN3O2S. The molecule has 4 aromatic rings. The number of oxazole rings is 1. The van der Waals surface area contributed by atoms with Crippen LogP contribution in [0.1, 0.15) is 0 Å². The van der Waals surface area contributed by atoms with Gasteiger partial charge in [-0.15, -0.1) is 0 Å². The molecule has 0 radical (unpaired) electrons. The minimum Gasteiger partial charge on any atom is -0.431 e. The van der Waals surface area contributed by atoms with Gasteiger partial charge in [-0.3, -0.25) is 15.2 Å². The number of carbonyl (C=O) groups is 1. The Bertz CT molecular complexity index is 1050. The number of aromatic nitrogens is 1. The lowest BCUT2D eigenvalue weighted by Gasteiger charge is -2.25. The maximum absolute atomic E-state index is 12.6. The number of amides is 1. The van der Waals surface area contributed by atoms with Crippen molar-refractivity contribution < 1.29 is 9.21 Å². The SMILES string of the molecule is O=C(CSc1nc2cc(Cl)ccc2o1)NN(c1ccccc1)c1ccccc1. The highest BCUT2D eigenvalue weighted by Gasteiger charge is 2.14. The van der Waals surface area contributed by atoms with Gasteiger partial charge in [0.25, 0.3) is 5.22 Å². The number of anilines is 2. The number of fused-ring (bicyclic) bond motifs is 1. The predicted octanol–water partition coefficient (Wildman–Crippen LogP) is 5.44. The van der Waals surface area contributed by atoms with Crippen LogP contribution in [0.25, 0.3) is 11.1 Å². The molecule has 7 heteroatoms. The second kappa shape index (κ2) is 8.37. The number of hydrazine groups is 1. The van der Waals surface area contributed by atoms with Crippen LogP contribution in [0.2, 0.25) is 5.02 Å². The number of benzene rings is 3. The molecule has 140 valence electrons. The Balaban J connectivity index is 1.46. The van der Waals surface area contributed by atoms with Gasteiger partial charge in [0.15, 0.2) is 5.58 Å². The Morgan fingerprint density at radius 3 is 2.29 bits per heavy atom. The minimum absolute atomic E-state index is 0.163. The number of carbonyl (C=O) groups excluding carboxylic acids is 1. The van der Waals surface area contributed by atoms with Gasteiger partial charge >= 0.3 is 0 Å². The summed E-state index contributed by atoms with van der Waals surface area (Å²) < 4.78 is 5.65. The molecule has 5 nitrogen and oxygen atoms in total. The number of nitrogens with zero attached hydrogens (tertiary/aromatic N) is 2. The van der Waals surface area contributed by atoms with Crippen LogP contribution in [0.5, 0.6) is 0 Å². The maximum Gasteiger partial charge on any atom is 0.257 e. The van der Waals surface area contributed by atoms with Gasteiger partial charge in [-0.1, -0.05) is 59.8 Å². The van der Waals surface area contributed by atoms with Crippen molar-refractivity contribution in [3.05, 3.63) is 83.9 Å². The molecule has 28 heavy (non-hydrogen) atoms. The van der Waals surface area contributed by atoms with Crippen molar-refractivity contribution in [1.29, 1.82) is 0 Å². The van der Waals surface area contributed by atoms with Gasteiger partial charge in [-0.2, -0.15) is 0 Å². The molecule has 0 bridgehead atoms. The molecule has 0 spiro atoms. The molecule has 1 N–H and O–H groups in total. The van der Waals surface area contributed by atoms with E-state index < -0.39 is 0 Å². The zero-order valence-electron chi connectivity index (χ0n) is 14.7.